The summed E-state index contributed by atoms with van der Waals surface area (Å²) in [5.74, 6) is 1.20. The molecule has 0 aliphatic rings. The van der Waals surface area contributed by atoms with E-state index in [0.29, 0.717) is 11.5 Å². The lowest BCUT2D eigenvalue weighted by molar-refractivity contribution is 0.299. The minimum Gasteiger partial charge on any atom is -0.493 e. The highest BCUT2D eigenvalue weighted by atomic mass is 32.2. The number of ether oxygens (including phenoxy) is 2. The van der Waals surface area contributed by atoms with Crippen LogP contribution in [0.4, 0.5) is 0 Å². The number of sulfonamides is 1. The predicted octanol–water partition coefficient (Wildman–Crippen LogP) is 2.36. The normalized spacial score (nSPS) is 11.2. The fourth-order valence-corrected chi connectivity index (χ4v) is 2.89. The molecule has 0 bridgehead atoms. The lowest BCUT2D eigenvalue weighted by Gasteiger charge is -2.11. The standard InChI is InChI=1S/C16H19NO4S/c1-13-7-9-14(10-8-13)22(18,19)17-11-12-21-16-6-4-3-5-15(16)20-2/h3-10,17H,11-12H2,1-2H3. The van der Waals surface area contributed by atoms with Gasteiger partial charge in [-0.15, -0.1) is 0 Å². The van der Waals surface area contributed by atoms with E-state index in [1.807, 2.05) is 19.1 Å². The van der Waals surface area contributed by atoms with Crippen molar-refractivity contribution in [2.24, 2.45) is 0 Å². The van der Waals surface area contributed by atoms with Gasteiger partial charge in [0.25, 0.3) is 0 Å². The van der Waals surface area contributed by atoms with Crippen molar-refractivity contribution >= 4 is 10.0 Å². The van der Waals surface area contributed by atoms with Crippen LogP contribution in [0.1, 0.15) is 5.56 Å². The van der Waals surface area contributed by atoms with Crippen molar-refractivity contribution in [3.8, 4) is 11.5 Å². The minimum absolute atomic E-state index is 0.175. The summed E-state index contributed by atoms with van der Waals surface area (Å²) in [6, 6.07) is 13.9. The van der Waals surface area contributed by atoms with E-state index in [1.165, 1.54) is 0 Å². The first-order valence-corrected chi connectivity index (χ1v) is 8.33. The second kappa shape index (κ2) is 7.29. The van der Waals surface area contributed by atoms with E-state index in [0.717, 1.165) is 5.56 Å². The third kappa shape index (κ3) is 4.22. The van der Waals surface area contributed by atoms with Crippen molar-refractivity contribution in [1.29, 1.82) is 0 Å². The predicted molar refractivity (Wildman–Crippen MR) is 84.9 cm³/mol. The molecule has 0 aliphatic heterocycles. The van der Waals surface area contributed by atoms with Gasteiger partial charge in [0.05, 0.1) is 12.0 Å². The van der Waals surface area contributed by atoms with Gasteiger partial charge in [-0.3, -0.25) is 0 Å². The summed E-state index contributed by atoms with van der Waals surface area (Å²) in [4.78, 5) is 0.246. The molecule has 1 N–H and O–H groups in total. The Morgan fingerprint density at radius 1 is 1.00 bits per heavy atom. The van der Waals surface area contributed by atoms with Gasteiger partial charge in [0.1, 0.15) is 6.61 Å². The molecule has 0 unspecified atom stereocenters. The quantitative estimate of drug-likeness (QED) is 0.795. The lowest BCUT2D eigenvalue weighted by atomic mass is 10.2. The molecule has 0 aromatic heterocycles. The summed E-state index contributed by atoms with van der Waals surface area (Å²) in [6.07, 6.45) is 0. The molecule has 0 atom stereocenters. The van der Waals surface area contributed by atoms with Gasteiger partial charge < -0.3 is 9.47 Å². The first-order valence-electron chi connectivity index (χ1n) is 6.85. The number of hydrogen-bond acceptors (Lipinski definition) is 4. The summed E-state index contributed by atoms with van der Waals surface area (Å²) < 4.78 is 37.4. The molecule has 0 saturated carbocycles. The average Bonchev–Trinajstić information content (AvgIpc) is 2.52. The first-order chi connectivity index (χ1) is 10.5. The molecular formula is C16H19NO4S. The van der Waals surface area contributed by atoms with Gasteiger partial charge in [0.2, 0.25) is 10.0 Å². The van der Waals surface area contributed by atoms with Crippen LogP contribution < -0.4 is 14.2 Å². The van der Waals surface area contributed by atoms with Crippen molar-refractivity contribution < 1.29 is 17.9 Å². The van der Waals surface area contributed by atoms with Crippen molar-refractivity contribution in [3.63, 3.8) is 0 Å². The highest BCUT2D eigenvalue weighted by molar-refractivity contribution is 7.89. The van der Waals surface area contributed by atoms with E-state index in [2.05, 4.69) is 4.72 Å². The fourth-order valence-electron chi connectivity index (χ4n) is 1.88. The molecular weight excluding hydrogens is 302 g/mol. The number of nitrogens with one attached hydrogen (secondary N) is 1. The summed E-state index contributed by atoms with van der Waals surface area (Å²) in [6.45, 7) is 2.30. The molecule has 0 heterocycles. The van der Waals surface area contributed by atoms with Crippen LogP contribution in [0.15, 0.2) is 53.4 Å². The summed E-state index contributed by atoms with van der Waals surface area (Å²) in [7, 11) is -1.95. The Balaban J connectivity index is 1.89. The maximum Gasteiger partial charge on any atom is 0.240 e. The number of benzene rings is 2. The molecule has 22 heavy (non-hydrogen) atoms. The second-order valence-electron chi connectivity index (χ2n) is 4.71. The molecule has 5 nitrogen and oxygen atoms in total. The van der Waals surface area contributed by atoms with Gasteiger partial charge in [0.15, 0.2) is 11.5 Å². The van der Waals surface area contributed by atoms with Crippen LogP contribution in [0.2, 0.25) is 0 Å². The highest BCUT2D eigenvalue weighted by Crippen LogP contribution is 2.25. The van der Waals surface area contributed by atoms with Crippen LogP contribution in [0.5, 0.6) is 11.5 Å². The smallest absolute Gasteiger partial charge is 0.240 e. The molecule has 6 heteroatoms. The summed E-state index contributed by atoms with van der Waals surface area (Å²) in [5.41, 5.74) is 1.01. The van der Waals surface area contributed by atoms with Gasteiger partial charge >= 0.3 is 0 Å². The number of aryl methyl sites for hydroxylation is 1. The number of methoxy groups -OCH3 is 1. The monoisotopic (exact) mass is 321 g/mol. The van der Waals surface area contributed by atoms with Gasteiger partial charge in [0, 0.05) is 6.54 Å². The van der Waals surface area contributed by atoms with E-state index >= 15 is 0 Å². The topological polar surface area (TPSA) is 64.6 Å². The van der Waals surface area contributed by atoms with Gasteiger partial charge in [-0.05, 0) is 31.2 Å². The molecule has 0 fully saturated rings. The fraction of sp³-hybridized carbons (Fsp3) is 0.250. The Morgan fingerprint density at radius 3 is 2.27 bits per heavy atom. The first kappa shape index (κ1) is 16.3. The van der Waals surface area contributed by atoms with Crippen LogP contribution in [-0.2, 0) is 10.0 Å². The van der Waals surface area contributed by atoms with E-state index in [-0.39, 0.29) is 18.0 Å². The lowest BCUT2D eigenvalue weighted by Crippen LogP contribution is -2.28. The number of hydrogen-bond donors (Lipinski definition) is 1. The van der Waals surface area contributed by atoms with Crippen LogP contribution >= 0.6 is 0 Å². The van der Waals surface area contributed by atoms with E-state index < -0.39 is 10.0 Å². The third-order valence-electron chi connectivity index (χ3n) is 3.05. The van der Waals surface area contributed by atoms with Gasteiger partial charge in [-0.25, -0.2) is 13.1 Å². The molecule has 118 valence electrons. The number of rotatable bonds is 7. The molecule has 2 rings (SSSR count). The molecule has 0 radical (unpaired) electrons. The maximum atomic E-state index is 12.1. The van der Waals surface area contributed by atoms with Gasteiger partial charge in [-0.1, -0.05) is 29.8 Å². The zero-order valence-electron chi connectivity index (χ0n) is 12.6. The van der Waals surface area contributed by atoms with Crippen LogP contribution in [0.3, 0.4) is 0 Å². The zero-order chi connectivity index (χ0) is 16.0. The van der Waals surface area contributed by atoms with Crippen molar-refractivity contribution in [3.05, 3.63) is 54.1 Å². The molecule has 0 spiro atoms. The second-order valence-corrected chi connectivity index (χ2v) is 6.48. The Hall–Kier alpha value is -2.05. The molecule has 0 amide bonds. The average molecular weight is 321 g/mol. The molecule has 2 aromatic rings. The molecule has 2 aromatic carbocycles. The highest BCUT2D eigenvalue weighted by Gasteiger charge is 2.13. The van der Waals surface area contributed by atoms with Crippen molar-refractivity contribution in [2.75, 3.05) is 20.3 Å². The number of para-hydroxylation sites is 2. The van der Waals surface area contributed by atoms with Crippen molar-refractivity contribution in [2.45, 2.75) is 11.8 Å². The molecule has 0 saturated heterocycles. The van der Waals surface area contributed by atoms with E-state index in [9.17, 15) is 8.42 Å². The Morgan fingerprint density at radius 2 is 1.64 bits per heavy atom. The zero-order valence-corrected chi connectivity index (χ0v) is 13.4. The Kier molecular flexibility index (Phi) is 5.41. The van der Waals surface area contributed by atoms with Crippen LogP contribution in [0, 0.1) is 6.92 Å². The van der Waals surface area contributed by atoms with Crippen LogP contribution in [0.25, 0.3) is 0 Å². The van der Waals surface area contributed by atoms with E-state index in [4.69, 9.17) is 9.47 Å². The van der Waals surface area contributed by atoms with Crippen LogP contribution in [-0.4, -0.2) is 28.7 Å². The van der Waals surface area contributed by atoms with Crippen molar-refractivity contribution in [1.82, 2.24) is 4.72 Å². The SMILES string of the molecule is COc1ccccc1OCCNS(=O)(=O)c1ccc(C)cc1. The Bertz CT molecular complexity index is 711. The minimum atomic E-state index is -3.51. The Labute approximate surface area is 130 Å². The largest absolute Gasteiger partial charge is 0.493 e. The van der Waals surface area contributed by atoms with E-state index in [1.54, 1.807) is 43.5 Å². The third-order valence-corrected chi connectivity index (χ3v) is 4.53. The summed E-state index contributed by atoms with van der Waals surface area (Å²) in [5, 5.41) is 0. The maximum absolute atomic E-state index is 12.1. The van der Waals surface area contributed by atoms with Gasteiger partial charge in [-0.2, -0.15) is 0 Å². The molecule has 0 aliphatic carbocycles. The summed E-state index contributed by atoms with van der Waals surface area (Å²) >= 11 is 0.